The van der Waals surface area contributed by atoms with E-state index in [1.54, 1.807) is 49.1 Å². The van der Waals surface area contributed by atoms with Crippen LogP contribution in [0.5, 0.6) is 5.75 Å². The van der Waals surface area contributed by atoms with Gasteiger partial charge in [-0.3, -0.25) is 39.2 Å². The molecule has 0 saturated carbocycles. The summed E-state index contributed by atoms with van der Waals surface area (Å²) in [5.74, 6) is -0.606. The van der Waals surface area contributed by atoms with Gasteiger partial charge in [0, 0.05) is 55.2 Å². The van der Waals surface area contributed by atoms with Crippen molar-refractivity contribution in [3.63, 3.8) is 0 Å². The maximum atomic E-state index is 13.8. The summed E-state index contributed by atoms with van der Waals surface area (Å²) in [6.07, 6.45) is -3.11. The number of carbonyl (C=O) groups is 4. The first-order valence-electron chi connectivity index (χ1n) is 19.8. The van der Waals surface area contributed by atoms with Crippen LogP contribution in [-0.2, 0) is 25.4 Å². The zero-order chi connectivity index (χ0) is 43.7. The molecule has 0 spiro atoms. The summed E-state index contributed by atoms with van der Waals surface area (Å²) >= 11 is 4.72. The quantitative estimate of drug-likeness (QED) is 0.133. The van der Waals surface area contributed by atoms with Crippen molar-refractivity contribution in [1.29, 1.82) is 5.26 Å². The minimum Gasteiger partial charge on any atom is -0.492 e. The zero-order valence-electron chi connectivity index (χ0n) is 34.3. The summed E-state index contributed by atoms with van der Waals surface area (Å²) in [6, 6.07) is 14.5. The number of ether oxygens (including phenoxy) is 1. The van der Waals surface area contributed by atoms with Crippen molar-refractivity contribution in [1.82, 2.24) is 20.1 Å². The van der Waals surface area contributed by atoms with Gasteiger partial charge >= 0.3 is 6.18 Å². The van der Waals surface area contributed by atoms with Crippen LogP contribution in [0.1, 0.15) is 77.1 Å². The van der Waals surface area contributed by atoms with Crippen LogP contribution in [0.3, 0.4) is 0 Å². The fourth-order valence-electron chi connectivity index (χ4n) is 8.10. The second-order valence-corrected chi connectivity index (χ2v) is 16.7. The Labute approximate surface area is 352 Å². The van der Waals surface area contributed by atoms with Gasteiger partial charge in [0.25, 0.3) is 5.91 Å². The van der Waals surface area contributed by atoms with E-state index in [0.29, 0.717) is 42.4 Å². The van der Waals surface area contributed by atoms with E-state index >= 15 is 0 Å². The average Bonchev–Trinajstić information content (AvgIpc) is 3.35. The van der Waals surface area contributed by atoms with Crippen molar-refractivity contribution >= 4 is 59.0 Å². The van der Waals surface area contributed by atoms with E-state index in [0.717, 1.165) is 35.8 Å². The van der Waals surface area contributed by atoms with Crippen molar-refractivity contribution in [2.24, 2.45) is 0 Å². The fraction of sp³-hybridized carbons (Fsp3) is 0.476. The molecule has 2 unspecified atom stereocenters. The summed E-state index contributed by atoms with van der Waals surface area (Å²) < 4.78 is 47.8. The normalized spacial score (nSPS) is 22.5. The van der Waals surface area contributed by atoms with E-state index in [1.807, 2.05) is 26.0 Å². The lowest BCUT2D eigenvalue weighted by Crippen LogP contribution is -2.58. The lowest BCUT2D eigenvalue weighted by atomic mass is 9.98. The Hall–Kier alpha value is -5.38. The first-order chi connectivity index (χ1) is 28.3. The minimum atomic E-state index is -4.85. The second-order valence-electron chi connectivity index (χ2n) is 16.3. The second kappa shape index (κ2) is 17.7. The number of alkyl halides is 3. The van der Waals surface area contributed by atoms with Crippen LogP contribution < -0.4 is 30.5 Å². The minimum absolute atomic E-state index is 0.0201. The Morgan fingerprint density at radius 3 is 2.42 bits per heavy atom. The van der Waals surface area contributed by atoms with Gasteiger partial charge in [-0.15, -0.1) is 12.6 Å². The number of rotatable bonds is 12. The van der Waals surface area contributed by atoms with Gasteiger partial charge < -0.3 is 20.3 Å². The van der Waals surface area contributed by atoms with Crippen LogP contribution in [0.25, 0.3) is 0 Å². The molecule has 3 aliphatic rings. The fourth-order valence-corrected chi connectivity index (χ4v) is 8.76. The van der Waals surface area contributed by atoms with Crippen LogP contribution in [0.4, 0.5) is 35.9 Å². The van der Waals surface area contributed by atoms with Gasteiger partial charge in [0.1, 0.15) is 30.0 Å². The molecule has 3 aromatic rings. The number of anilines is 4. The van der Waals surface area contributed by atoms with Gasteiger partial charge in [-0.1, -0.05) is 19.9 Å². The summed E-state index contributed by atoms with van der Waals surface area (Å²) in [7, 11) is 0. The molecule has 4 heterocycles. The van der Waals surface area contributed by atoms with Crippen LogP contribution in [0.2, 0.25) is 0 Å². The molecule has 3 saturated heterocycles. The third-order valence-electron chi connectivity index (χ3n) is 11.2. The number of hydrogen-bond donors (Lipinski definition) is 4. The topological polar surface area (TPSA) is 163 Å². The average molecular weight is 850 g/mol. The molecule has 18 heteroatoms. The molecule has 0 aliphatic carbocycles. The summed E-state index contributed by atoms with van der Waals surface area (Å²) in [5.41, 5.74) is -1.55. The van der Waals surface area contributed by atoms with E-state index in [2.05, 4.69) is 44.6 Å². The molecule has 4 atom stereocenters. The number of benzene rings is 2. The van der Waals surface area contributed by atoms with Crippen LogP contribution in [0.15, 0.2) is 54.7 Å². The highest BCUT2D eigenvalue weighted by Crippen LogP contribution is 2.43. The number of carbonyl (C=O) groups excluding carboxylic acids is 4. The van der Waals surface area contributed by atoms with Gasteiger partial charge in [0.15, 0.2) is 11.2 Å². The molecule has 3 aliphatic heterocycles. The smallest absolute Gasteiger partial charge is 0.419 e. The van der Waals surface area contributed by atoms with Crippen LogP contribution in [0, 0.1) is 11.3 Å². The van der Waals surface area contributed by atoms with Crippen molar-refractivity contribution in [3.05, 3.63) is 71.5 Å². The van der Waals surface area contributed by atoms with E-state index in [4.69, 9.17) is 17.4 Å². The first kappa shape index (κ1) is 44.2. The molecule has 3 fully saturated rings. The molecule has 1 aromatic heterocycles. The molecule has 3 N–H and O–H groups in total. The number of nitrogens with zero attached hydrogens (tertiary/aromatic N) is 6. The van der Waals surface area contributed by atoms with E-state index in [9.17, 15) is 37.6 Å². The zero-order valence-corrected chi connectivity index (χ0v) is 35.2. The third-order valence-corrected chi connectivity index (χ3v) is 11.6. The summed E-state index contributed by atoms with van der Waals surface area (Å²) in [5, 5.41) is 17.7. The van der Waals surface area contributed by atoms with E-state index in [1.165, 1.54) is 6.07 Å². The molecule has 14 nitrogen and oxygen atoms in total. The Balaban J connectivity index is 1.05. The van der Waals surface area contributed by atoms with Gasteiger partial charge in [-0.25, -0.2) is 4.98 Å². The molecule has 60 heavy (non-hydrogen) atoms. The van der Waals surface area contributed by atoms with E-state index < -0.39 is 40.4 Å². The highest BCUT2D eigenvalue weighted by Gasteiger charge is 2.52. The number of aromatic nitrogens is 1. The van der Waals surface area contributed by atoms with Crippen molar-refractivity contribution in [2.75, 3.05) is 53.2 Å². The van der Waals surface area contributed by atoms with Crippen LogP contribution >= 0.6 is 12.6 Å². The first-order valence-corrected chi connectivity index (χ1v) is 20.3. The lowest BCUT2D eigenvalue weighted by Gasteiger charge is -2.44. The van der Waals surface area contributed by atoms with Gasteiger partial charge in [-0.05, 0) is 88.1 Å². The van der Waals surface area contributed by atoms with Gasteiger partial charge in [-0.2, -0.15) is 18.4 Å². The Morgan fingerprint density at radius 1 is 1.07 bits per heavy atom. The molecule has 6 rings (SSSR count). The van der Waals surface area contributed by atoms with Crippen molar-refractivity contribution in [3.8, 4) is 11.8 Å². The highest BCUT2D eigenvalue weighted by atomic mass is 32.1. The Bertz CT molecular complexity index is 2170. The third kappa shape index (κ3) is 9.48. The maximum Gasteiger partial charge on any atom is 0.419 e. The number of hydrogen-bond acceptors (Lipinski definition) is 12. The number of piperazine rings is 1. The van der Waals surface area contributed by atoms with Crippen molar-refractivity contribution < 1.29 is 37.1 Å². The number of thiol groups is 1. The van der Waals surface area contributed by atoms with Gasteiger partial charge in [0.2, 0.25) is 17.7 Å². The Kier molecular flexibility index (Phi) is 13.0. The van der Waals surface area contributed by atoms with Gasteiger partial charge in [0.05, 0.1) is 24.0 Å². The molecule has 320 valence electrons. The number of amides is 4. The predicted octanol–water partition coefficient (Wildman–Crippen LogP) is 5.57. The molecule has 0 bridgehead atoms. The number of halogens is 3. The number of imide groups is 1. The SMILES string of the molecule is CC(C)c1cc(N2C(S)N(c3cnc(C#N)c(C(F)(F)F)c3)C(=O)C2(C)C)ccc1OCCN1C[C@@H](C)N(CC(=O)Nc2cccc(NC3CCC(=O)NC3=O)c2)[C@@H](C)C1. The summed E-state index contributed by atoms with van der Waals surface area (Å²) in [6.45, 7) is 14.2. The molecule has 4 amide bonds. The molecular weight excluding hydrogens is 800 g/mol. The Morgan fingerprint density at radius 2 is 1.77 bits per heavy atom. The largest absolute Gasteiger partial charge is 0.492 e. The predicted molar refractivity (Wildman–Crippen MR) is 224 cm³/mol. The number of nitrogens with one attached hydrogen (secondary N) is 3. The monoisotopic (exact) mass is 849 g/mol. The van der Waals surface area contributed by atoms with E-state index in [-0.39, 0.29) is 54.4 Å². The lowest BCUT2D eigenvalue weighted by molar-refractivity contribution is -0.138. The number of pyridine rings is 1. The maximum absolute atomic E-state index is 13.8. The standard InChI is InChI=1S/C42H50F3N9O5S/c1-24(2)31-17-29(54-40(60)53(39(58)41(54,5)6)30-18-32(42(43,44)45)34(19-46)47-20-30)10-12-35(31)59-15-14-51-21-25(3)52(26(4)22-51)23-37(56)49-28-9-7-8-27(16-28)48-33-11-13-36(55)50-38(33)57/h7-10,12,16-18,20,24-26,33,40,48,60H,11,13-15,21-23H2,1-6H3,(H,49,56)(H,50,55,57)/t25-,26+,33?,40?. The van der Waals surface area contributed by atoms with Crippen molar-refractivity contribution in [2.45, 2.75) is 95.6 Å². The molecular formula is C42H50F3N9O5S. The molecule has 2 aromatic carbocycles. The highest BCUT2D eigenvalue weighted by molar-refractivity contribution is 7.81. The van der Waals surface area contributed by atoms with Crippen LogP contribution in [-0.4, -0.2) is 100 Å². The summed E-state index contributed by atoms with van der Waals surface area (Å²) in [4.78, 5) is 61.7. The number of nitriles is 1. The number of piperidine rings is 1. The molecule has 0 radical (unpaired) electrons.